The van der Waals surface area contributed by atoms with Crippen molar-refractivity contribution in [1.82, 2.24) is 31.5 Å². The fourth-order valence-electron chi connectivity index (χ4n) is 11.6. The van der Waals surface area contributed by atoms with Crippen molar-refractivity contribution in [3.63, 3.8) is 0 Å². The zero-order chi connectivity index (χ0) is 77.0. The molecule has 0 radical (unpaired) electrons. The Morgan fingerprint density at radius 1 is 0.495 bits per heavy atom. The average molecular weight is 1460 g/mol. The lowest BCUT2D eigenvalue weighted by atomic mass is 9.82. The molecule has 103 heavy (non-hydrogen) atoms. The quantitative estimate of drug-likeness (QED) is 0.0417. The van der Waals surface area contributed by atoms with Crippen LogP contribution in [0.5, 0.6) is 0 Å². The Balaban J connectivity index is 1.59. The normalized spacial score (nSPS) is 28.0. The van der Waals surface area contributed by atoms with Gasteiger partial charge in [-0.05, 0) is 108 Å². The number of rotatable bonds is 24. The predicted octanol–water partition coefficient (Wildman–Crippen LogP) is 4.28. The number of carbonyl (C=O) groups excluding carboxylic acids is 13. The summed E-state index contributed by atoms with van der Waals surface area (Å²) >= 11 is 0. The number of fused-ring (bicyclic) bond motifs is 1. The number of benzene rings is 1. The van der Waals surface area contributed by atoms with Crippen LogP contribution in [0.3, 0.4) is 0 Å². The molecule has 1 saturated carbocycles. The summed E-state index contributed by atoms with van der Waals surface area (Å²) in [5.41, 5.74) is -4.32. The van der Waals surface area contributed by atoms with Gasteiger partial charge in [-0.1, -0.05) is 37.6 Å². The standard InChI is InChI=1S/C68H98N6O29/c1-20-23-44(89-33(3)76)55(81)70-42-28-43(72-63(86)102-67(14,15)16)49(97-58-41(71-62(85)101-66(11,12)13)27-26-38(94-58)30-74-56(82)39-24-21-22-25-40(39)57(74)83)53(48(42)90-34(4)77)99-60-54(93-37(7)80)51(46(96-60)31-88-32(2)75)98-59-47(73-64(87)103-68(17,18)19)52(92-36(6)79)50(91-35(5)78)45(95-59)29-69-61(84)100-65(8,9)10/h21-22,24-27,38,41-54,58-60H,20,23,28-31H2,1-19H3,(H,69,84)(H,70,81)(H,71,85)(H,72,86)(H,73,87). The van der Waals surface area contributed by atoms with Crippen LogP contribution in [0.15, 0.2) is 36.4 Å². The third-order valence-corrected chi connectivity index (χ3v) is 15.2. The summed E-state index contributed by atoms with van der Waals surface area (Å²) in [5, 5.41) is 13.3. The first-order valence-corrected chi connectivity index (χ1v) is 33.6. The highest BCUT2D eigenvalue weighted by Gasteiger charge is 2.60. The summed E-state index contributed by atoms with van der Waals surface area (Å²) in [7, 11) is 0. The van der Waals surface area contributed by atoms with Gasteiger partial charge in [0.25, 0.3) is 17.7 Å². The van der Waals surface area contributed by atoms with E-state index in [0.29, 0.717) is 6.42 Å². The molecular weight excluding hydrogens is 1360 g/mol. The highest BCUT2D eigenvalue weighted by atomic mass is 16.8. The minimum absolute atomic E-state index is 0.0287. The first-order chi connectivity index (χ1) is 47.8. The lowest BCUT2D eigenvalue weighted by molar-refractivity contribution is -0.292. The van der Waals surface area contributed by atoms with Gasteiger partial charge in [0.15, 0.2) is 49.4 Å². The van der Waals surface area contributed by atoms with E-state index < -0.39 is 237 Å². The fourth-order valence-corrected chi connectivity index (χ4v) is 11.6. The molecule has 7 amide bonds. The molecule has 5 N–H and O–H groups in total. The Hall–Kier alpha value is -8.77. The zero-order valence-corrected chi connectivity index (χ0v) is 61.4. The lowest BCUT2D eigenvalue weighted by Crippen LogP contribution is -2.69. The first kappa shape index (κ1) is 83.2. The zero-order valence-electron chi connectivity index (χ0n) is 61.4. The third-order valence-electron chi connectivity index (χ3n) is 15.2. The van der Waals surface area contributed by atoms with Gasteiger partial charge < -0.3 is 102 Å². The number of ether oxygens (including phenoxy) is 16. The molecule has 35 nitrogen and oxygen atoms in total. The fraction of sp³-hybridized carbons (Fsp3) is 0.691. The van der Waals surface area contributed by atoms with Crippen molar-refractivity contribution < 1.29 is 138 Å². The number of esters is 6. The molecule has 18 unspecified atom stereocenters. The predicted molar refractivity (Wildman–Crippen MR) is 351 cm³/mol. The minimum Gasteiger partial charge on any atom is -0.463 e. The molecule has 4 heterocycles. The Kier molecular flexibility index (Phi) is 28.4. The van der Waals surface area contributed by atoms with E-state index in [9.17, 15) is 62.3 Å². The average Bonchev–Trinajstić information content (AvgIpc) is 1.70. The molecule has 35 heteroatoms. The molecule has 18 atom stereocenters. The second-order valence-electron chi connectivity index (χ2n) is 28.9. The van der Waals surface area contributed by atoms with Gasteiger partial charge >= 0.3 is 60.2 Å². The van der Waals surface area contributed by atoms with Crippen LogP contribution in [-0.4, -0.2) is 235 Å². The van der Waals surface area contributed by atoms with Crippen LogP contribution < -0.4 is 26.6 Å². The maximum Gasteiger partial charge on any atom is 0.408 e. The highest BCUT2D eigenvalue weighted by molar-refractivity contribution is 6.21. The molecule has 0 spiro atoms. The van der Waals surface area contributed by atoms with Gasteiger partial charge in [-0.2, -0.15) is 0 Å². The van der Waals surface area contributed by atoms with E-state index in [1.165, 1.54) is 45.1 Å². The van der Waals surface area contributed by atoms with Gasteiger partial charge in [0, 0.05) is 41.5 Å². The smallest absolute Gasteiger partial charge is 0.408 e. The molecule has 1 aromatic carbocycles. The van der Waals surface area contributed by atoms with Crippen molar-refractivity contribution in [1.29, 1.82) is 0 Å². The Labute approximate surface area is 596 Å². The van der Waals surface area contributed by atoms with Gasteiger partial charge in [-0.15, -0.1) is 0 Å². The molecular formula is C68H98N6O29. The number of hydrogen-bond acceptors (Lipinski definition) is 29. The van der Waals surface area contributed by atoms with Crippen molar-refractivity contribution >= 4 is 77.9 Å². The largest absolute Gasteiger partial charge is 0.463 e. The topological polar surface area (TPSA) is 433 Å². The van der Waals surface area contributed by atoms with Crippen LogP contribution in [0.1, 0.15) is 172 Å². The van der Waals surface area contributed by atoms with E-state index in [0.717, 1.165) is 46.4 Å². The second-order valence-corrected chi connectivity index (χ2v) is 28.9. The molecule has 0 aromatic heterocycles. The van der Waals surface area contributed by atoms with E-state index in [4.69, 9.17) is 75.8 Å². The molecule has 1 aliphatic carbocycles. The number of nitrogens with zero attached hydrogens (tertiary/aromatic N) is 1. The summed E-state index contributed by atoms with van der Waals surface area (Å²) in [5.74, 6) is -8.09. The minimum atomic E-state index is -2.12. The number of imide groups is 1. The number of alkyl carbamates (subject to hydrolysis) is 4. The van der Waals surface area contributed by atoms with Gasteiger partial charge in [-0.3, -0.25) is 48.1 Å². The maximum absolute atomic E-state index is 14.6. The van der Waals surface area contributed by atoms with Crippen LogP contribution >= 0.6 is 0 Å². The van der Waals surface area contributed by atoms with E-state index in [1.54, 1.807) is 81.4 Å². The van der Waals surface area contributed by atoms with Crippen molar-refractivity contribution in [3.8, 4) is 0 Å². The molecule has 5 aliphatic rings. The van der Waals surface area contributed by atoms with E-state index >= 15 is 0 Å². The van der Waals surface area contributed by atoms with Gasteiger partial charge in [0.1, 0.15) is 71.6 Å². The van der Waals surface area contributed by atoms with Crippen molar-refractivity contribution in [2.24, 2.45) is 0 Å². The van der Waals surface area contributed by atoms with Gasteiger partial charge in [0.05, 0.1) is 42.4 Å². The summed E-state index contributed by atoms with van der Waals surface area (Å²) in [6.07, 6.45) is -26.9. The summed E-state index contributed by atoms with van der Waals surface area (Å²) in [6.45, 7) is 24.8. The van der Waals surface area contributed by atoms with E-state index in [2.05, 4.69) is 26.6 Å². The van der Waals surface area contributed by atoms with E-state index in [1.807, 2.05) is 0 Å². The van der Waals surface area contributed by atoms with Crippen LogP contribution in [0, 0.1) is 0 Å². The highest BCUT2D eigenvalue weighted by Crippen LogP contribution is 2.39. The SMILES string of the molecule is CCCC(OC(C)=O)C(=O)NC1CC(NC(=O)OC(C)(C)C)C(OC2OC(CN3C(=O)c4ccccc4C3=O)C=CC2NC(=O)OC(C)(C)C)C(OC2OC(COC(C)=O)C(OC3OC(CNC(=O)OC(C)(C)C)C(OC(C)=O)C(OC(C)=O)C3NC(=O)OC(C)(C)C)C2OC(C)=O)C1OC(C)=O. The van der Waals surface area contributed by atoms with Gasteiger partial charge in [0.2, 0.25) is 0 Å². The maximum atomic E-state index is 14.6. The monoisotopic (exact) mass is 1460 g/mol. The van der Waals surface area contributed by atoms with Crippen molar-refractivity contribution in [2.75, 3.05) is 19.7 Å². The Morgan fingerprint density at radius 2 is 0.971 bits per heavy atom. The van der Waals surface area contributed by atoms with Crippen LogP contribution in [0.4, 0.5) is 19.2 Å². The first-order valence-electron chi connectivity index (χ1n) is 33.6. The Bertz CT molecular complexity index is 3260. The molecule has 2 saturated heterocycles. The number of nitrogens with one attached hydrogen (secondary N) is 5. The number of amides is 7. The van der Waals surface area contributed by atoms with Crippen molar-refractivity contribution in [3.05, 3.63) is 47.5 Å². The summed E-state index contributed by atoms with van der Waals surface area (Å²) in [4.78, 5) is 178. The molecule has 6 rings (SSSR count). The van der Waals surface area contributed by atoms with Crippen LogP contribution in [-0.2, 0) is 109 Å². The van der Waals surface area contributed by atoms with E-state index in [-0.39, 0.29) is 17.5 Å². The number of hydrogen-bond donors (Lipinski definition) is 5. The second kappa shape index (κ2) is 35.1. The lowest BCUT2D eigenvalue weighted by Gasteiger charge is -2.48. The van der Waals surface area contributed by atoms with Gasteiger partial charge in [-0.25, -0.2) is 19.2 Å². The summed E-state index contributed by atoms with van der Waals surface area (Å²) in [6, 6.07) is -0.225. The molecule has 1 aromatic rings. The molecule has 0 bridgehead atoms. The van der Waals surface area contributed by atoms with Crippen LogP contribution in [0.2, 0.25) is 0 Å². The third kappa shape index (κ3) is 25.0. The molecule has 3 fully saturated rings. The van der Waals surface area contributed by atoms with Crippen LogP contribution in [0.25, 0.3) is 0 Å². The summed E-state index contributed by atoms with van der Waals surface area (Å²) < 4.78 is 97.8. The Morgan fingerprint density at radius 3 is 1.50 bits per heavy atom. The van der Waals surface area contributed by atoms with Crippen molar-refractivity contribution in [2.45, 2.75) is 283 Å². The molecule has 4 aliphatic heterocycles. The molecule has 574 valence electrons. The number of carbonyl (C=O) groups is 13.